The van der Waals surface area contributed by atoms with Crippen molar-refractivity contribution in [1.29, 1.82) is 0 Å². The van der Waals surface area contributed by atoms with E-state index in [1.165, 1.54) is 32.4 Å². The molecule has 0 unspecified atom stereocenters. The standard InChI is InChI=1S/C11H13NO4/c1-12-9-6-7(10(13)15-2)4-5-8(9)11(14)16-3/h4-6,12H,1-3H3. The molecule has 0 aliphatic carbocycles. The molecular formula is C11H13NO4. The molecule has 0 saturated heterocycles. The number of ether oxygens (including phenoxy) is 2. The fourth-order valence-electron chi connectivity index (χ4n) is 1.28. The number of carbonyl (C=O) groups is 2. The molecule has 0 heterocycles. The molecule has 0 spiro atoms. The summed E-state index contributed by atoms with van der Waals surface area (Å²) in [5.74, 6) is -0.909. The topological polar surface area (TPSA) is 64.6 Å². The second-order valence-electron chi connectivity index (χ2n) is 2.99. The van der Waals surface area contributed by atoms with Crippen molar-refractivity contribution in [2.75, 3.05) is 26.6 Å². The molecule has 0 aliphatic rings. The lowest BCUT2D eigenvalue weighted by Gasteiger charge is -2.08. The molecule has 0 saturated carbocycles. The van der Waals surface area contributed by atoms with Crippen LogP contribution >= 0.6 is 0 Å². The van der Waals surface area contributed by atoms with Gasteiger partial charge in [-0.2, -0.15) is 0 Å². The van der Waals surface area contributed by atoms with Crippen LogP contribution in [0.3, 0.4) is 0 Å². The Bertz CT molecular complexity index is 414. The van der Waals surface area contributed by atoms with Crippen LogP contribution in [0.1, 0.15) is 20.7 Å². The summed E-state index contributed by atoms with van der Waals surface area (Å²) in [6.07, 6.45) is 0. The first kappa shape index (κ1) is 12.0. The molecule has 86 valence electrons. The van der Waals surface area contributed by atoms with Crippen LogP contribution in [0.4, 0.5) is 5.69 Å². The van der Waals surface area contributed by atoms with Gasteiger partial charge in [0.1, 0.15) is 0 Å². The summed E-state index contributed by atoms with van der Waals surface area (Å²) in [5, 5.41) is 2.82. The van der Waals surface area contributed by atoms with Crippen molar-refractivity contribution in [2.24, 2.45) is 0 Å². The second-order valence-corrected chi connectivity index (χ2v) is 2.99. The minimum atomic E-state index is -0.458. The summed E-state index contributed by atoms with van der Waals surface area (Å²) in [5.41, 5.74) is 1.27. The fraction of sp³-hybridized carbons (Fsp3) is 0.273. The number of benzene rings is 1. The Morgan fingerprint density at radius 2 is 1.75 bits per heavy atom. The highest BCUT2D eigenvalue weighted by Gasteiger charge is 2.14. The van der Waals surface area contributed by atoms with Gasteiger partial charge in [0.2, 0.25) is 0 Å². The Morgan fingerprint density at radius 1 is 1.12 bits per heavy atom. The maximum Gasteiger partial charge on any atom is 0.339 e. The third kappa shape index (κ3) is 2.31. The van der Waals surface area contributed by atoms with Crippen LogP contribution in [-0.4, -0.2) is 33.2 Å². The lowest BCUT2D eigenvalue weighted by atomic mass is 10.1. The second kappa shape index (κ2) is 5.16. The lowest BCUT2D eigenvalue weighted by Crippen LogP contribution is -2.08. The summed E-state index contributed by atoms with van der Waals surface area (Å²) in [6, 6.07) is 4.57. The number of nitrogens with one attached hydrogen (secondary N) is 1. The molecule has 0 aliphatic heterocycles. The first-order valence-corrected chi connectivity index (χ1v) is 4.62. The van der Waals surface area contributed by atoms with Crippen LogP contribution in [0, 0.1) is 0 Å². The van der Waals surface area contributed by atoms with Crippen molar-refractivity contribution < 1.29 is 19.1 Å². The monoisotopic (exact) mass is 223 g/mol. The van der Waals surface area contributed by atoms with Gasteiger partial charge < -0.3 is 14.8 Å². The molecule has 0 fully saturated rings. The number of carbonyl (C=O) groups excluding carboxylic acids is 2. The third-order valence-electron chi connectivity index (χ3n) is 2.12. The van der Waals surface area contributed by atoms with Crippen LogP contribution in [0.25, 0.3) is 0 Å². The maximum absolute atomic E-state index is 11.4. The summed E-state index contributed by atoms with van der Waals surface area (Å²) in [6.45, 7) is 0. The first-order chi connectivity index (χ1) is 7.63. The van der Waals surface area contributed by atoms with Gasteiger partial charge in [-0.25, -0.2) is 9.59 Å². The molecule has 0 bridgehead atoms. The van der Waals surface area contributed by atoms with E-state index in [1.807, 2.05) is 0 Å². The highest BCUT2D eigenvalue weighted by atomic mass is 16.5. The van der Waals surface area contributed by atoms with E-state index in [4.69, 9.17) is 0 Å². The SMILES string of the molecule is CNc1cc(C(=O)OC)ccc1C(=O)OC. The van der Waals surface area contributed by atoms with Crippen molar-refractivity contribution in [3.05, 3.63) is 29.3 Å². The molecule has 5 heteroatoms. The van der Waals surface area contributed by atoms with E-state index in [-0.39, 0.29) is 0 Å². The Morgan fingerprint density at radius 3 is 2.25 bits per heavy atom. The van der Waals surface area contributed by atoms with Crippen LogP contribution in [-0.2, 0) is 9.47 Å². The molecule has 1 rings (SSSR count). The third-order valence-corrected chi connectivity index (χ3v) is 2.12. The molecule has 1 aromatic rings. The number of esters is 2. The maximum atomic E-state index is 11.4. The van der Waals surface area contributed by atoms with Gasteiger partial charge in [0.15, 0.2) is 0 Å². The zero-order valence-electron chi connectivity index (χ0n) is 9.37. The van der Waals surface area contributed by atoms with Gasteiger partial charge in [-0.1, -0.05) is 0 Å². The smallest absolute Gasteiger partial charge is 0.339 e. The summed E-state index contributed by atoms with van der Waals surface area (Å²) in [4.78, 5) is 22.6. The van der Waals surface area contributed by atoms with E-state index in [9.17, 15) is 9.59 Å². The minimum absolute atomic E-state index is 0.373. The zero-order chi connectivity index (χ0) is 12.1. The summed E-state index contributed by atoms with van der Waals surface area (Å²) < 4.78 is 9.19. The Balaban J connectivity index is 3.16. The van der Waals surface area contributed by atoms with Crippen LogP contribution < -0.4 is 5.32 Å². The number of methoxy groups -OCH3 is 2. The van der Waals surface area contributed by atoms with E-state index in [0.717, 1.165) is 0 Å². The fourth-order valence-corrected chi connectivity index (χ4v) is 1.28. The van der Waals surface area contributed by atoms with Crippen molar-refractivity contribution in [2.45, 2.75) is 0 Å². The number of anilines is 1. The van der Waals surface area contributed by atoms with E-state index in [1.54, 1.807) is 7.05 Å². The van der Waals surface area contributed by atoms with Crippen molar-refractivity contribution in [3.63, 3.8) is 0 Å². The quantitative estimate of drug-likeness (QED) is 0.782. The Hall–Kier alpha value is -2.04. The number of hydrogen-bond acceptors (Lipinski definition) is 5. The van der Waals surface area contributed by atoms with Gasteiger partial charge in [-0.05, 0) is 18.2 Å². The zero-order valence-corrected chi connectivity index (χ0v) is 9.37. The molecule has 0 radical (unpaired) electrons. The van der Waals surface area contributed by atoms with Crippen molar-refractivity contribution in [1.82, 2.24) is 0 Å². The van der Waals surface area contributed by atoms with Gasteiger partial charge in [0.05, 0.1) is 25.3 Å². The summed E-state index contributed by atoms with van der Waals surface area (Å²) >= 11 is 0. The number of hydrogen-bond donors (Lipinski definition) is 1. The predicted molar refractivity (Wildman–Crippen MR) is 58.7 cm³/mol. The van der Waals surface area contributed by atoms with Gasteiger partial charge in [0, 0.05) is 12.7 Å². The van der Waals surface area contributed by atoms with Gasteiger partial charge >= 0.3 is 11.9 Å². The highest BCUT2D eigenvalue weighted by molar-refractivity contribution is 5.98. The molecule has 16 heavy (non-hydrogen) atoms. The van der Waals surface area contributed by atoms with E-state index in [0.29, 0.717) is 16.8 Å². The Kier molecular flexibility index (Phi) is 3.88. The summed E-state index contributed by atoms with van der Waals surface area (Å²) in [7, 11) is 4.26. The average Bonchev–Trinajstić information content (AvgIpc) is 2.35. The first-order valence-electron chi connectivity index (χ1n) is 4.62. The highest BCUT2D eigenvalue weighted by Crippen LogP contribution is 2.18. The molecule has 5 nitrogen and oxygen atoms in total. The minimum Gasteiger partial charge on any atom is -0.465 e. The normalized spacial score (nSPS) is 9.44. The largest absolute Gasteiger partial charge is 0.465 e. The lowest BCUT2D eigenvalue weighted by molar-refractivity contribution is 0.0587. The van der Waals surface area contributed by atoms with Crippen molar-refractivity contribution >= 4 is 17.6 Å². The molecule has 1 N–H and O–H groups in total. The molecular weight excluding hydrogens is 210 g/mol. The van der Waals surface area contributed by atoms with Crippen LogP contribution in [0.2, 0.25) is 0 Å². The average molecular weight is 223 g/mol. The number of rotatable bonds is 3. The van der Waals surface area contributed by atoms with Gasteiger partial charge in [-0.3, -0.25) is 0 Å². The molecule has 0 amide bonds. The molecule has 0 atom stereocenters. The van der Waals surface area contributed by atoms with Crippen LogP contribution in [0.5, 0.6) is 0 Å². The van der Waals surface area contributed by atoms with E-state index >= 15 is 0 Å². The van der Waals surface area contributed by atoms with Gasteiger partial charge in [-0.15, -0.1) is 0 Å². The molecule has 1 aromatic carbocycles. The van der Waals surface area contributed by atoms with E-state index in [2.05, 4.69) is 14.8 Å². The van der Waals surface area contributed by atoms with Crippen LogP contribution in [0.15, 0.2) is 18.2 Å². The van der Waals surface area contributed by atoms with E-state index < -0.39 is 11.9 Å². The van der Waals surface area contributed by atoms with Crippen molar-refractivity contribution in [3.8, 4) is 0 Å². The molecule has 0 aromatic heterocycles. The predicted octanol–water partition coefficient (Wildman–Crippen LogP) is 1.30. The van der Waals surface area contributed by atoms with Gasteiger partial charge in [0.25, 0.3) is 0 Å². The Labute approximate surface area is 93.4 Å².